The highest BCUT2D eigenvalue weighted by Crippen LogP contribution is 1.88. The Balaban J connectivity index is 3.49. The summed E-state index contributed by atoms with van der Waals surface area (Å²) in [5.74, 6) is 0. The first-order valence-electron chi connectivity index (χ1n) is 2.21. The van der Waals surface area contributed by atoms with E-state index in [-0.39, 0.29) is 0 Å². The Morgan fingerprint density at radius 3 is 2.38 bits per heavy atom. The van der Waals surface area contributed by atoms with Crippen molar-refractivity contribution in [2.45, 2.75) is 0 Å². The lowest BCUT2D eigenvalue weighted by Gasteiger charge is -1.98. The molecule has 0 saturated carbocycles. The Labute approximate surface area is 50.9 Å². The molecule has 48 valence electrons. The van der Waals surface area contributed by atoms with Gasteiger partial charge in [0.05, 0.1) is 14.2 Å². The molecule has 3 nitrogen and oxygen atoms in total. The summed E-state index contributed by atoms with van der Waals surface area (Å²) in [4.78, 5) is 8.52. The Kier molecular flexibility index (Phi) is 4.39. The molecule has 0 aliphatic carbocycles. The van der Waals surface area contributed by atoms with Crippen LogP contribution in [0.25, 0.3) is 0 Å². The molecule has 0 rings (SSSR count). The molecule has 0 spiro atoms. The van der Waals surface area contributed by atoms with Crippen molar-refractivity contribution in [1.82, 2.24) is 0 Å². The molecule has 0 heterocycles. The van der Waals surface area contributed by atoms with Gasteiger partial charge in [0.1, 0.15) is 11.6 Å². The van der Waals surface area contributed by atoms with E-state index < -0.39 is 9.76 Å². The summed E-state index contributed by atoms with van der Waals surface area (Å²) in [6.45, 7) is 0. The second-order valence-corrected chi connectivity index (χ2v) is 2.20. The van der Waals surface area contributed by atoms with Crippen LogP contribution < -0.4 is 0 Å². The van der Waals surface area contributed by atoms with E-state index in [4.69, 9.17) is 4.80 Å². The predicted octanol–water partition coefficient (Wildman–Crippen LogP) is -0.846. The minimum absolute atomic E-state index is 0.563. The van der Waals surface area contributed by atoms with Crippen LogP contribution in [-0.2, 0) is 9.47 Å². The lowest BCUT2D eigenvalue weighted by atomic mass is 11.0. The molecule has 0 bridgehead atoms. The van der Waals surface area contributed by atoms with E-state index in [1.807, 2.05) is 0 Å². The van der Waals surface area contributed by atoms with Crippen molar-refractivity contribution >= 4 is 9.76 Å². The number of hydrogen-bond acceptors (Lipinski definition) is 3. The smallest absolute Gasteiger partial charge is 0.232 e. The van der Waals surface area contributed by atoms with E-state index >= 15 is 0 Å². The highest BCUT2D eigenvalue weighted by Gasteiger charge is 1.90. The molecule has 0 aromatic heterocycles. The molecule has 8 heavy (non-hydrogen) atoms. The molecule has 0 aromatic rings. The average Bonchev–Trinajstić information content (AvgIpc) is 1.83. The highest BCUT2D eigenvalue weighted by atomic mass is 28.2. The molecule has 0 aliphatic heterocycles. The maximum absolute atomic E-state index is 8.52. The van der Waals surface area contributed by atoms with Crippen LogP contribution >= 0.6 is 0 Å². The fourth-order valence-electron chi connectivity index (χ4n) is 0.281. The van der Waals surface area contributed by atoms with Gasteiger partial charge in [0.25, 0.3) is 0 Å². The van der Waals surface area contributed by atoms with Crippen LogP contribution in [0, 0.1) is 0 Å². The largest absolute Gasteiger partial charge is 0.501 e. The minimum Gasteiger partial charge on any atom is -0.501 e. The summed E-state index contributed by atoms with van der Waals surface area (Å²) in [5.41, 5.74) is 0. The first kappa shape index (κ1) is 7.52. The van der Waals surface area contributed by atoms with Gasteiger partial charge in [-0.2, -0.15) is 0 Å². The minimum atomic E-state index is -1.17. The SMILES string of the molecule is COC=C(OC)[SiH2]O. The summed E-state index contributed by atoms with van der Waals surface area (Å²) in [7, 11) is 1.86. The third kappa shape index (κ3) is 2.65. The fraction of sp³-hybridized carbons (Fsp3) is 0.500. The van der Waals surface area contributed by atoms with Gasteiger partial charge in [-0.25, -0.2) is 0 Å². The van der Waals surface area contributed by atoms with Gasteiger partial charge in [-0.05, 0) is 0 Å². The molecule has 0 fully saturated rings. The zero-order chi connectivity index (χ0) is 6.41. The summed E-state index contributed by atoms with van der Waals surface area (Å²) in [5, 5.41) is 0.563. The zero-order valence-corrected chi connectivity index (χ0v) is 6.46. The number of rotatable bonds is 3. The van der Waals surface area contributed by atoms with Crippen molar-refractivity contribution in [2.24, 2.45) is 0 Å². The molecular formula is C4H10O3Si. The molecule has 0 unspecified atom stereocenters. The molecule has 0 aliphatic rings. The summed E-state index contributed by atoms with van der Waals surface area (Å²) in [6, 6.07) is 0. The van der Waals surface area contributed by atoms with Crippen molar-refractivity contribution in [1.29, 1.82) is 0 Å². The van der Waals surface area contributed by atoms with Crippen LogP contribution in [0.1, 0.15) is 0 Å². The number of hydrogen-bond donors (Lipinski definition) is 1. The summed E-state index contributed by atoms with van der Waals surface area (Å²) >= 11 is 0. The average molecular weight is 134 g/mol. The summed E-state index contributed by atoms with van der Waals surface area (Å²) in [6.07, 6.45) is 1.41. The maximum atomic E-state index is 8.52. The topological polar surface area (TPSA) is 38.7 Å². The van der Waals surface area contributed by atoms with Crippen molar-refractivity contribution in [3.8, 4) is 0 Å². The van der Waals surface area contributed by atoms with Crippen LogP contribution in [0.2, 0.25) is 0 Å². The molecule has 1 N–H and O–H groups in total. The van der Waals surface area contributed by atoms with Gasteiger partial charge >= 0.3 is 0 Å². The second kappa shape index (κ2) is 4.67. The van der Waals surface area contributed by atoms with E-state index in [9.17, 15) is 0 Å². The highest BCUT2D eigenvalue weighted by molar-refractivity contribution is 6.35. The standard InChI is InChI=1S/C4H10O3Si/c1-6-3-4(7-2)8-5/h3,5H,8H2,1-2H3. The lowest BCUT2D eigenvalue weighted by molar-refractivity contribution is 0.266. The monoisotopic (exact) mass is 134 g/mol. The van der Waals surface area contributed by atoms with Crippen LogP contribution in [0.3, 0.4) is 0 Å². The van der Waals surface area contributed by atoms with Gasteiger partial charge in [-0.15, -0.1) is 0 Å². The van der Waals surface area contributed by atoms with Gasteiger partial charge in [-0.1, -0.05) is 0 Å². The van der Waals surface area contributed by atoms with Crippen molar-refractivity contribution in [3.63, 3.8) is 0 Å². The third-order valence-electron chi connectivity index (χ3n) is 0.667. The maximum Gasteiger partial charge on any atom is 0.232 e. The first-order chi connectivity index (χ1) is 3.85. The summed E-state index contributed by atoms with van der Waals surface area (Å²) < 4.78 is 9.26. The molecular weight excluding hydrogens is 124 g/mol. The fourth-order valence-corrected chi connectivity index (χ4v) is 0.652. The van der Waals surface area contributed by atoms with Crippen LogP contribution in [-0.4, -0.2) is 28.8 Å². The Bertz CT molecular complexity index is 75.4. The number of ether oxygens (including phenoxy) is 2. The molecule has 4 heteroatoms. The second-order valence-electron chi connectivity index (χ2n) is 1.18. The quantitative estimate of drug-likeness (QED) is 0.404. The van der Waals surface area contributed by atoms with Gasteiger partial charge < -0.3 is 14.3 Å². The van der Waals surface area contributed by atoms with E-state index in [0.717, 1.165) is 0 Å². The Hall–Kier alpha value is -0.483. The van der Waals surface area contributed by atoms with Crippen molar-refractivity contribution < 1.29 is 14.3 Å². The van der Waals surface area contributed by atoms with E-state index in [1.165, 1.54) is 20.5 Å². The molecule has 0 atom stereocenters. The van der Waals surface area contributed by atoms with Gasteiger partial charge in [0.2, 0.25) is 9.76 Å². The molecule has 0 saturated heterocycles. The van der Waals surface area contributed by atoms with E-state index in [1.54, 1.807) is 0 Å². The molecule has 0 aromatic carbocycles. The van der Waals surface area contributed by atoms with E-state index in [0.29, 0.717) is 5.38 Å². The first-order valence-corrected chi connectivity index (χ1v) is 3.55. The van der Waals surface area contributed by atoms with Crippen molar-refractivity contribution in [3.05, 3.63) is 11.6 Å². The van der Waals surface area contributed by atoms with Crippen molar-refractivity contribution in [2.75, 3.05) is 14.2 Å². The van der Waals surface area contributed by atoms with Crippen LogP contribution in [0.5, 0.6) is 0 Å². The molecule has 0 amide bonds. The number of methoxy groups -OCH3 is 2. The van der Waals surface area contributed by atoms with E-state index in [2.05, 4.69) is 9.47 Å². The van der Waals surface area contributed by atoms with Crippen LogP contribution in [0.15, 0.2) is 11.6 Å². The zero-order valence-electron chi connectivity index (χ0n) is 5.05. The van der Waals surface area contributed by atoms with Gasteiger partial charge in [0, 0.05) is 0 Å². The Morgan fingerprint density at radius 2 is 2.25 bits per heavy atom. The van der Waals surface area contributed by atoms with Gasteiger partial charge in [0.15, 0.2) is 0 Å². The van der Waals surface area contributed by atoms with Gasteiger partial charge in [-0.3, -0.25) is 0 Å². The third-order valence-corrected chi connectivity index (χ3v) is 1.43. The van der Waals surface area contributed by atoms with Crippen LogP contribution in [0.4, 0.5) is 0 Å². The predicted molar refractivity (Wildman–Crippen MR) is 32.9 cm³/mol. The normalized spacial score (nSPS) is 12.6. The Morgan fingerprint density at radius 1 is 1.62 bits per heavy atom. The lowest BCUT2D eigenvalue weighted by Crippen LogP contribution is -1.97. The molecule has 0 radical (unpaired) electrons.